The first-order valence-corrected chi connectivity index (χ1v) is 5.94. The molecule has 0 radical (unpaired) electrons. The first kappa shape index (κ1) is 11.8. The van der Waals surface area contributed by atoms with E-state index < -0.39 is 5.97 Å². The van der Waals surface area contributed by atoms with Crippen LogP contribution in [0.1, 0.15) is 10.5 Å². The molecule has 0 amide bonds. The number of nitrogens with zero attached hydrogens (tertiary/aromatic N) is 2. The Morgan fingerprint density at radius 1 is 1.65 bits per heavy atom. The fourth-order valence-electron chi connectivity index (χ4n) is 1.49. The Hall–Kier alpha value is -1.66. The van der Waals surface area contributed by atoms with E-state index in [4.69, 9.17) is 9.84 Å². The van der Waals surface area contributed by atoms with Gasteiger partial charge in [0.25, 0.3) is 0 Å². The zero-order valence-corrected chi connectivity index (χ0v) is 10.1. The largest absolute Gasteiger partial charge is 0.476 e. The quantitative estimate of drug-likeness (QED) is 0.883. The molecule has 0 atom stereocenters. The molecule has 90 valence electrons. The summed E-state index contributed by atoms with van der Waals surface area (Å²) in [5, 5.41) is 14.9. The third-order valence-corrected chi connectivity index (χ3v) is 3.17. The molecule has 2 aromatic rings. The molecular weight excluding hydrogens is 240 g/mol. The van der Waals surface area contributed by atoms with Crippen LogP contribution in [0.3, 0.4) is 0 Å². The van der Waals surface area contributed by atoms with Crippen molar-refractivity contribution in [1.82, 2.24) is 9.78 Å². The van der Waals surface area contributed by atoms with Crippen LogP contribution < -0.4 is 0 Å². The number of hydrogen-bond donors (Lipinski definition) is 1. The van der Waals surface area contributed by atoms with Crippen LogP contribution in [0.2, 0.25) is 0 Å². The predicted molar refractivity (Wildman–Crippen MR) is 64.4 cm³/mol. The summed E-state index contributed by atoms with van der Waals surface area (Å²) in [6.45, 7) is 1.04. The zero-order valence-electron chi connectivity index (χ0n) is 9.29. The van der Waals surface area contributed by atoms with Crippen molar-refractivity contribution in [3.05, 3.63) is 29.3 Å². The van der Waals surface area contributed by atoms with E-state index in [0.29, 0.717) is 13.2 Å². The molecule has 5 nitrogen and oxygen atoms in total. The van der Waals surface area contributed by atoms with Crippen molar-refractivity contribution in [1.29, 1.82) is 0 Å². The summed E-state index contributed by atoms with van der Waals surface area (Å²) in [5.74, 6) is -1.01. The molecular formula is C11H12N2O3S. The number of carboxylic acid groups (broad SMARTS) is 1. The van der Waals surface area contributed by atoms with Crippen molar-refractivity contribution in [2.24, 2.45) is 0 Å². The number of carbonyl (C=O) groups is 1. The van der Waals surface area contributed by atoms with Gasteiger partial charge in [-0.1, -0.05) is 6.07 Å². The summed E-state index contributed by atoms with van der Waals surface area (Å²) in [6.07, 6.45) is 0. The van der Waals surface area contributed by atoms with Crippen LogP contribution in [0.15, 0.2) is 23.6 Å². The molecule has 17 heavy (non-hydrogen) atoms. The molecule has 2 heterocycles. The minimum atomic E-state index is -1.01. The van der Waals surface area contributed by atoms with E-state index in [1.165, 1.54) is 0 Å². The van der Waals surface area contributed by atoms with Gasteiger partial charge in [-0.3, -0.25) is 4.68 Å². The Balaban J connectivity index is 2.37. The number of ether oxygens (including phenoxy) is 1. The highest BCUT2D eigenvalue weighted by Crippen LogP contribution is 2.25. The third kappa shape index (κ3) is 2.54. The lowest BCUT2D eigenvalue weighted by molar-refractivity contribution is 0.0689. The summed E-state index contributed by atoms with van der Waals surface area (Å²) < 4.78 is 6.65. The molecule has 0 bridgehead atoms. The van der Waals surface area contributed by atoms with Crippen molar-refractivity contribution < 1.29 is 14.6 Å². The summed E-state index contributed by atoms with van der Waals surface area (Å²) in [7, 11) is 1.60. The zero-order chi connectivity index (χ0) is 12.3. The van der Waals surface area contributed by atoms with Gasteiger partial charge in [-0.25, -0.2) is 4.79 Å². The van der Waals surface area contributed by atoms with Crippen LogP contribution in [0, 0.1) is 0 Å². The van der Waals surface area contributed by atoms with Crippen molar-refractivity contribution >= 4 is 17.3 Å². The van der Waals surface area contributed by atoms with Crippen LogP contribution >= 0.6 is 11.3 Å². The van der Waals surface area contributed by atoms with Crippen LogP contribution in [0.4, 0.5) is 0 Å². The van der Waals surface area contributed by atoms with Gasteiger partial charge in [-0.2, -0.15) is 5.10 Å². The van der Waals surface area contributed by atoms with Gasteiger partial charge in [0.2, 0.25) is 0 Å². The molecule has 0 aromatic carbocycles. The second kappa shape index (κ2) is 5.11. The van der Waals surface area contributed by atoms with E-state index >= 15 is 0 Å². The van der Waals surface area contributed by atoms with E-state index in [1.54, 1.807) is 29.2 Å². The van der Waals surface area contributed by atoms with Gasteiger partial charge >= 0.3 is 5.97 Å². The van der Waals surface area contributed by atoms with Crippen molar-refractivity contribution in [2.75, 3.05) is 13.7 Å². The lowest BCUT2D eigenvalue weighted by atomic mass is 10.3. The monoisotopic (exact) mass is 252 g/mol. The average molecular weight is 252 g/mol. The Labute approximate surface area is 102 Å². The molecule has 0 spiro atoms. The normalized spacial score (nSPS) is 10.6. The third-order valence-electron chi connectivity index (χ3n) is 2.28. The number of aromatic nitrogens is 2. The van der Waals surface area contributed by atoms with E-state index in [9.17, 15) is 4.79 Å². The predicted octanol–water partition coefficient (Wildman–Crippen LogP) is 1.96. The maximum atomic E-state index is 10.9. The maximum Gasteiger partial charge on any atom is 0.356 e. The van der Waals surface area contributed by atoms with Crippen LogP contribution in [0.5, 0.6) is 0 Å². The highest BCUT2D eigenvalue weighted by molar-refractivity contribution is 7.13. The van der Waals surface area contributed by atoms with Crippen molar-refractivity contribution in [3.63, 3.8) is 0 Å². The minimum absolute atomic E-state index is 0.0597. The van der Waals surface area contributed by atoms with E-state index in [0.717, 1.165) is 10.6 Å². The van der Waals surface area contributed by atoms with E-state index in [-0.39, 0.29) is 5.69 Å². The maximum absolute atomic E-state index is 10.9. The number of methoxy groups -OCH3 is 1. The Morgan fingerprint density at radius 2 is 2.47 bits per heavy atom. The van der Waals surface area contributed by atoms with E-state index in [1.807, 2.05) is 17.5 Å². The SMILES string of the molecule is COCCn1nc(C(=O)O)cc1-c1cccs1. The molecule has 2 aromatic heterocycles. The molecule has 0 saturated heterocycles. The summed E-state index contributed by atoms with van der Waals surface area (Å²) in [5.41, 5.74) is 0.874. The lowest BCUT2D eigenvalue weighted by Crippen LogP contribution is -2.08. The lowest BCUT2D eigenvalue weighted by Gasteiger charge is -2.04. The van der Waals surface area contributed by atoms with Gasteiger partial charge in [-0.05, 0) is 17.5 Å². The van der Waals surface area contributed by atoms with Gasteiger partial charge in [0.05, 0.1) is 23.7 Å². The van der Waals surface area contributed by atoms with Gasteiger partial charge in [-0.15, -0.1) is 11.3 Å². The second-order valence-electron chi connectivity index (χ2n) is 3.41. The van der Waals surface area contributed by atoms with Gasteiger partial charge in [0.1, 0.15) is 0 Å². The Morgan fingerprint density at radius 3 is 3.06 bits per heavy atom. The molecule has 6 heteroatoms. The summed E-state index contributed by atoms with van der Waals surface area (Å²) in [6, 6.07) is 5.45. The van der Waals surface area contributed by atoms with Crippen LogP contribution in [-0.2, 0) is 11.3 Å². The average Bonchev–Trinajstić information content (AvgIpc) is 2.94. The molecule has 2 rings (SSSR count). The summed E-state index contributed by atoms with van der Waals surface area (Å²) >= 11 is 1.55. The molecule has 0 fully saturated rings. The Kier molecular flexibility index (Phi) is 3.55. The second-order valence-corrected chi connectivity index (χ2v) is 4.36. The number of thiophene rings is 1. The first-order chi connectivity index (χ1) is 8.22. The first-order valence-electron chi connectivity index (χ1n) is 5.06. The molecule has 0 aliphatic carbocycles. The van der Waals surface area contributed by atoms with Gasteiger partial charge in [0, 0.05) is 7.11 Å². The highest BCUT2D eigenvalue weighted by Gasteiger charge is 2.14. The minimum Gasteiger partial charge on any atom is -0.476 e. The highest BCUT2D eigenvalue weighted by atomic mass is 32.1. The Bertz CT molecular complexity index is 505. The number of aromatic carboxylic acids is 1. The number of hydrogen-bond acceptors (Lipinski definition) is 4. The fraction of sp³-hybridized carbons (Fsp3) is 0.273. The number of carboxylic acids is 1. The number of rotatable bonds is 5. The van der Waals surface area contributed by atoms with Gasteiger partial charge < -0.3 is 9.84 Å². The topological polar surface area (TPSA) is 64.4 Å². The van der Waals surface area contributed by atoms with Gasteiger partial charge in [0.15, 0.2) is 5.69 Å². The van der Waals surface area contributed by atoms with Crippen LogP contribution in [-0.4, -0.2) is 34.6 Å². The summed E-state index contributed by atoms with van der Waals surface area (Å²) in [4.78, 5) is 11.9. The smallest absolute Gasteiger partial charge is 0.356 e. The molecule has 0 unspecified atom stereocenters. The molecule has 0 saturated carbocycles. The van der Waals surface area contributed by atoms with Crippen molar-refractivity contribution in [3.8, 4) is 10.6 Å². The molecule has 0 aliphatic heterocycles. The molecule has 0 aliphatic rings. The van der Waals surface area contributed by atoms with E-state index in [2.05, 4.69) is 5.10 Å². The molecule has 1 N–H and O–H groups in total. The van der Waals surface area contributed by atoms with Crippen LogP contribution in [0.25, 0.3) is 10.6 Å². The fourth-order valence-corrected chi connectivity index (χ4v) is 2.24. The van der Waals surface area contributed by atoms with Crippen molar-refractivity contribution in [2.45, 2.75) is 6.54 Å². The standard InChI is InChI=1S/C11H12N2O3S/c1-16-5-4-13-9(10-3-2-6-17-10)7-8(12-13)11(14)15/h2-3,6-7H,4-5H2,1H3,(H,14,15).